The number of amides is 2. The summed E-state index contributed by atoms with van der Waals surface area (Å²) in [6, 6.07) is 7.44. The molecule has 5 nitrogen and oxygen atoms in total. The molecule has 2 amide bonds. The minimum absolute atomic E-state index is 0.00773. The maximum absolute atomic E-state index is 12.7. The van der Waals surface area contributed by atoms with Crippen LogP contribution in [0.1, 0.15) is 25.3 Å². The zero-order valence-corrected chi connectivity index (χ0v) is 13.0. The van der Waals surface area contributed by atoms with Crippen molar-refractivity contribution in [2.75, 3.05) is 31.2 Å². The number of anilines is 1. The van der Waals surface area contributed by atoms with Gasteiger partial charge in [0, 0.05) is 25.2 Å². The van der Waals surface area contributed by atoms with Crippen molar-refractivity contribution in [3.8, 4) is 0 Å². The Morgan fingerprint density at radius 1 is 1.18 bits per heavy atom. The molecule has 118 valence electrons. The molecule has 1 fully saturated rings. The van der Waals surface area contributed by atoms with E-state index >= 15 is 0 Å². The van der Waals surface area contributed by atoms with Crippen LogP contribution in [0.25, 0.3) is 0 Å². The summed E-state index contributed by atoms with van der Waals surface area (Å²) in [5, 5.41) is 0. The SMILES string of the molecule is C[C@@H](C(=O)N1CCOCC1)N1C(=O)CCCc2ccccc21. The Morgan fingerprint density at radius 2 is 1.91 bits per heavy atom. The van der Waals surface area contributed by atoms with E-state index in [1.54, 1.807) is 9.80 Å². The number of fused-ring (bicyclic) bond motifs is 1. The van der Waals surface area contributed by atoms with Gasteiger partial charge in [-0.1, -0.05) is 18.2 Å². The van der Waals surface area contributed by atoms with Crippen molar-refractivity contribution < 1.29 is 14.3 Å². The molecule has 3 rings (SSSR count). The van der Waals surface area contributed by atoms with Gasteiger partial charge in [0.2, 0.25) is 11.8 Å². The van der Waals surface area contributed by atoms with Gasteiger partial charge in [-0.2, -0.15) is 0 Å². The minimum atomic E-state index is -0.468. The smallest absolute Gasteiger partial charge is 0.245 e. The first-order valence-corrected chi connectivity index (χ1v) is 7.95. The maximum Gasteiger partial charge on any atom is 0.245 e. The average molecular weight is 302 g/mol. The molecular formula is C17H22N2O3. The molecule has 0 spiro atoms. The summed E-state index contributed by atoms with van der Waals surface area (Å²) in [7, 11) is 0. The standard InChI is InChI=1S/C17H22N2O3/c1-13(17(21)18-9-11-22-12-10-18)19-15-7-3-2-5-14(15)6-4-8-16(19)20/h2-3,5,7,13H,4,6,8-12H2,1H3/t13-/m0/s1. The van der Waals surface area contributed by atoms with Gasteiger partial charge >= 0.3 is 0 Å². The Hall–Kier alpha value is -1.88. The average Bonchev–Trinajstić information content (AvgIpc) is 2.72. The van der Waals surface area contributed by atoms with Crippen LogP contribution in [0.2, 0.25) is 0 Å². The number of nitrogens with zero attached hydrogens (tertiary/aromatic N) is 2. The van der Waals surface area contributed by atoms with E-state index < -0.39 is 6.04 Å². The van der Waals surface area contributed by atoms with Crippen molar-refractivity contribution in [3.05, 3.63) is 29.8 Å². The topological polar surface area (TPSA) is 49.9 Å². The van der Waals surface area contributed by atoms with Crippen molar-refractivity contribution in [2.24, 2.45) is 0 Å². The van der Waals surface area contributed by atoms with Crippen LogP contribution in [-0.4, -0.2) is 49.1 Å². The van der Waals surface area contributed by atoms with Crippen LogP contribution in [-0.2, 0) is 20.7 Å². The summed E-state index contributed by atoms with van der Waals surface area (Å²) in [5.41, 5.74) is 2.04. The molecule has 2 aliphatic rings. The highest BCUT2D eigenvalue weighted by molar-refractivity contribution is 6.01. The lowest BCUT2D eigenvalue weighted by Gasteiger charge is -2.34. The Balaban J connectivity index is 1.87. The molecular weight excluding hydrogens is 280 g/mol. The third-order valence-electron chi connectivity index (χ3n) is 4.42. The summed E-state index contributed by atoms with van der Waals surface area (Å²) in [6.45, 7) is 4.18. The summed E-state index contributed by atoms with van der Waals surface area (Å²) < 4.78 is 5.30. The fourth-order valence-corrected chi connectivity index (χ4v) is 3.23. The lowest BCUT2D eigenvalue weighted by molar-refractivity contribution is -0.137. The van der Waals surface area contributed by atoms with Crippen LogP contribution in [0.4, 0.5) is 5.69 Å². The molecule has 5 heteroatoms. The van der Waals surface area contributed by atoms with E-state index in [0.717, 1.165) is 24.1 Å². The molecule has 0 N–H and O–H groups in total. The Kier molecular flexibility index (Phi) is 4.43. The number of morpholine rings is 1. The number of carbonyl (C=O) groups excluding carboxylic acids is 2. The lowest BCUT2D eigenvalue weighted by Crippen LogP contribution is -2.52. The van der Waals surface area contributed by atoms with E-state index in [1.807, 2.05) is 31.2 Å². The van der Waals surface area contributed by atoms with Crippen molar-refractivity contribution in [2.45, 2.75) is 32.2 Å². The van der Waals surface area contributed by atoms with E-state index in [0.29, 0.717) is 32.7 Å². The van der Waals surface area contributed by atoms with Gasteiger partial charge in [0.1, 0.15) is 6.04 Å². The second kappa shape index (κ2) is 6.48. The Morgan fingerprint density at radius 3 is 2.68 bits per heavy atom. The summed E-state index contributed by atoms with van der Waals surface area (Å²) in [5.74, 6) is 0.0485. The Bertz CT molecular complexity index is 567. The highest BCUT2D eigenvalue weighted by atomic mass is 16.5. The Labute approximate surface area is 130 Å². The third kappa shape index (κ3) is 2.86. The molecule has 22 heavy (non-hydrogen) atoms. The molecule has 2 aliphatic heterocycles. The monoisotopic (exact) mass is 302 g/mol. The van der Waals surface area contributed by atoms with Crippen LogP contribution >= 0.6 is 0 Å². The number of aryl methyl sites for hydroxylation is 1. The summed E-state index contributed by atoms with van der Waals surface area (Å²) in [4.78, 5) is 28.8. The van der Waals surface area contributed by atoms with Crippen LogP contribution in [0.5, 0.6) is 0 Å². The molecule has 0 aliphatic carbocycles. The van der Waals surface area contributed by atoms with Gasteiger partial charge in [0.05, 0.1) is 13.2 Å². The molecule has 0 bridgehead atoms. The number of carbonyl (C=O) groups is 2. The fourth-order valence-electron chi connectivity index (χ4n) is 3.23. The molecule has 0 radical (unpaired) electrons. The molecule has 1 aromatic carbocycles. The normalized spacial score (nSPS) is 20.3. The number of rotatable bonds is 2. The second-order valence-corrected chi connectivity index (χ2v) is 5.86. The summed E-state index contributed by atoms with van der Waals surface area (Å²) in [6.07, 6.45) is 2.22. The molecule has 2 heterocycles. The van der Waals surface area contributed by atoms with Crippen LogP contribution < -0.4 is 4.90 Å². The first kappa shape index (κ1) is 15.0. The van der Waals surface area contributed by atoms with Crippen molar-refractivity contribution in [1.82, 2.24) is 4.90 Å². The number of benzene rings is 1. The zero-order chi connectivity index (χ0) is 15.5. The largest absolute Gasteiger partial charge is 0.378 e. The van der Waals surface area contributed by atoms with Crippen LogP contribution in [0.3, 0.4) is 0 Å². The van der Waals surface area contributed by atoms with Crippen LogP contribution in [0, 0.1) is 0 Å². The quantitative estimate of drug-likeness (QED) is 0.834. The molecule has 1 atom stereocenters. The lowest BCUT2D eigenvalue weighted by atomic mass is 10.1. The summed E-state index contributed by atoms with van der Waals surface area (Å²) >= 11 is 0. The molecule has 0 unspecified atom stereocenters. The van der Waals surface area contributed by atoms with Gasteiger partial charge in [0.25, 0.3) is 0 Å². The highest BCUT2D eigenvalue weighted by Gasteiger charge is 2.33. The van der Waals surface area contributed by atoms with Gasteiger partial charge in [0.15, 0.2) is 0 Å². The van der Waals surface area contributed by atoms with Crippen molar-refractivity contribution in [3.63, 3.8) is 0 Å². The van der Waals surface area contributed by atoms with Crippen molar-refractivity contribution >= 4 is 17.5 Å². The van der Waals surface area contributed by atoms with E-state index in [9.17, 15) is 9.59 Å². The molecule has 0 aromatic heterocycles. The first-order valence-electron chi connectivity index (χ1n) is 7.95. The van der Waals surface area contributed by atoms with Gasteiger partial charge in [-0.15, -0.1) is 0 Å². The van der Waals surface area contributed by atoms with Gasteiger partial charge in [-0.3, -0.25) is 14.5 Å². The maximum atomic E-state index is 12.7. The molecule has 1 aromatic rings. The van der Waals surface area contributed by atoms with E-state index in [-0.39, 0.29) is 11.8 Å². The van der Waals surface area contributed by atoms with Gasteiger partial charge in [-0.05, 0) is 31.4 Å². The second-order valence-electron chi connectivity index (χ2n) is 5.86. The number of hydrogen-bond acceptors (Lipinski definition) is 3. The fraction of sp³-hybridized carbons (Fsp3) is 0.529. The van der Waals surface area contributed by atoms with Gasteiger partial charge in [-0.25, -0.2) is 0 Å². The molecule has 1 saturated heterocycles. The van der Waals surface area contributed by atoms with E-state index in [2.05, 4.69) is 0 Å². The number of ether oxygens (including phenoxy) is 1. The third-order valence-corrected chi connectivity index (χ3v) is 4.42. The van der Waals surface area contributed by atoms with Gasteiger partial charge < -0.3 is 9.64 Å². The first-order chi connectivity index (χ1) is 10.7. The number of para-hydroxylation sites is 1. The van der Waals surface area contributed by atoms with Crippen LogP contribution in [0.15, 0.2) is 24.3 Å². The van der Waals surface area contributed by atoms with E-state index in [4.69, 9.17) is 4.74 Å². The van der Waals surface area contributed by atoms with Crippen molar-refractivity contribution in [1.29, 1.82) is 0 Å². The van der Waals surface area contributed by atoms with E-state index in [1.165, 1.54) is 0 Å². The minimum Gasteiger partial charge on any atom is -0.378 e. The predicted octanol–water partition coefficient (Wildman–Crippen LogP) is 1.60. The molecule has 0 saturated carbocycles. The zero-order valence-electron chi connectivity index (χ0n) is 13.0. The highest BCUT2D eigenvalue weighted by Crippen LogP contribution is 2.29. The predicted molar refractivity (Wildman–Crippen MR) is 83.7 cm³/mol. The number of hydrogen-bond donors (Lipinski definition) is 0.